The first kappa shape index (κ1) is 8.31. The Kier molecular flexibility index (Phi) is 3.14. The first-order valence-corrected chi connectivity index (χ1v) is 3.99. The highest BCUT2D eigenvalue weighted by Crippen LogP contribution is 2.19. The average Bonchev–Trinajstić information content (AvgIpc) is 2.06. The highest BCUT2D eigenvalue weighted by molar-refractivity contribution is 5.81. The predicted octanol–water partition coefficient (Wildman–Crippen LogP) is 1.86. The van der Waals surface area contributed by atoms with E-state index in [-0.39, 0.29) is 12.1 Å². The van der Waals surface area contributed by atoms with Gasteiger partial charge in [0.1, 0.15) is 6.10 Å². The van der Waals surface area contributed by atoms with Crippen molar-refractivity contribution in [2.45, 2.75) is 31.8 Å². The quantitative estimate of drug-likeness (QED) is 0.447. The Balaban J connectivity index is 2.24. The van der Waals surface area contributed by atoms with E-state index < -0.39 is 0 Å². The second kappa shape index (κ2) is 4.16. The largest absolute Gasteiger partial charge is 0.459 e. The number of hydrogen-bond acceptors (Lipinski definition) is 2. The molecule has 1 rings (SSSR count). The van der Waals surface area contributed by atoms with Crippen LogP contribution in [0.3, 0.4) is 0 Å². The molecule has 2 nitrogen and oxygen atoms in total. The predicted molar refractivity (Wildman–Crippen MR) is 42.8 cm³/mol. The fourth-order valence-corrected chi connectivity index (χ4v) is 1.22. The molecule has 0 aromatic rings. The minimum Gasteiger partial charge on any atom is -0.459 e. The summed E-state index contributed by atoms with van der Waals surface area (Å²) < 4.78 is 5.03. The van der Waals surface area contributed by atoms with Gasteiger partial charge in [-0.1, -0.05) is 13.0 Å². The fraction of sp³-hybridized carbons (Fsp3) is 0.556. The van der Waals surface area contributed by atoms with E-state index in [9.17, 15) is 4.79 Å². The number of carbonyl (C=O) groups excluding carboxylic acids is 1. The maximum absolute atomic E-state index is 10.7. The standard InChI is InChI=1S/C9H13O2/c1-2-9(10)11-8-6-4-3-5-7-8/h2,6,8H,1,3-5,7H2. The smallest absolute Gasteiger partial charge is 0.330 e. The van der Waals surface area contributed by atoms with Gasteiger partial charge in [0.25, 0.3) is 0 Å². The van der Waals surface area contributed by atoms with Crippen LogP contribution in [-0.2, 0) is 9.53 Å². The molecule has 0 N–H and O–H groups in total. The zero-order valence-corrected chi connectivity index (χ0v) is 6.58. The molecule has 1 saturated carbocycles. The third-order valence-electron chi connectivity index (χ3n) is 1.81. The molecule has 0 aromatic carbocycles. The Morgan fingerprint density at radius 1 is 1.64 bits per heavy atom. The number of carbonyl (C=O) groups is 1. The van der Waals surface area contributed by atoms with E-state index in [1.54, 1.807) is 0 Å². The second-order valence-electron chi connectivity index (χ2n) is 2.70. The lowest BCUT2D eigenvalue weighted by Gasteiger charge is -2.20. The van der Waals surface area contributed by atoms with Gasteiger partial charge in [-0.15, -0.1) is 0 Å². The topological polar surface area (TPSA) is 26.3 Å². The van der Waals surface area contributed by atoms with E-state index in [0.717, 1.165) is 19.3 Å². The SMILES string of the molecule is C=CC(=O)OC1[CH]CCCC1. The third kappa shape index (κ3) is 2.74. The minimum absolute atomic E-state index is 0.0363. The van der Waals surface area contributed by atoms with Crippen LogP contribution in [0.2, 0.25) is 0 Å². The van der Waals surface area contributed by atoms with Crippen LogP contribution in [0.1, 0.15) is 25.7 Å². The molecular weight excluding hydrogens is 140 g/mol. The molecule has 1 fully saturated rings. The van der Waals surface area contributed by atoms with Crippen LogP contribution in [0.15, 0.2) is 12.7 Å². The van der Waals surface area contributed by atoms with Crippen molar-refractivity contribution >= 4 is 5.97 Å². The summed E-state index contributed by atoms with van der Waals surface area (Å²) in [6.45, 7) is 3.34. The maximum atomic E-state index is 10.7. The lowest BCUT2D eigenvalue weighted by atomic mass is 9.98. The van der Waals surface area contributed by atoms with Crippen molar-refractivity contribution in [3.63, 3.8) is 0 Å². The molecule has 0 saturated heterocycles. The van der Waals surface area contributed by atoms with E-state index in [4.69, 9.17) is 4.74 Å². The number of esters is 1. The van der Waals surface area contributed by atoms with E-state index >= 15 is 0 Å². The molecular formula is C9H13O2. The van der Waals surface area contributed by atoms with Gasteiger partial charge in [0, 0.05) is 12.5 Å². The van der Waals surface area contributed by atoms with E-state index in [0.29, 0.717) is 0 Å². The summed E-state index contributed by atoms with van der Waals surface area (Å²) in [7, 11) is 0. The number of hydrogen-bond donors (Lipinski definition) is 0. The van der Waals surface area contributed by atoms with Crippen LogP contribution in [0, 0.1) is 6.42 Å². The minimum atomic E-state index is -0.312. The van der Waals surface area contributed by atoms with Crippen molar-refractivity contribution in [2.75, 3.05) is 0 Å². The van der Waals surface area contributed by atoms with Crippen LogP contribution in [0.25, 0.3) is 0 Å². The van der Waals surface area contributed by atoms with Gasteiger partial charge in [0.2, 0.25) is 0 Å². The molecule has 1 unspecified atom stereocenters. The van der Waals surface area contributed by atoms with Crippen LogP contribution < -0.4 is 0 Å². The molecule has 0 amide bonds. The van der Waals surface area contributed by atoms with Crippen molar-refractivity contribution in [1.82, 2.24) is 0 Å². The summed E-state index contributed by atoms with van der Waals surface area (Å²) >= 11 is 0. The molecule has 11 heavy (non-hydrogen) atoms. The van der Waals surface area contributed by atoms with Crippen molar-refractivity contribution in [1.29, 1.82) is 0 Å². The summed E-state index contributed by atoms with van der Waals surface area (Å²) in [6, 6.07) is 0. The molecule has 2 heteroatoms. The molecule has 0 bridgehead atoms. The van der Waals surface area contributed by atoms with Gasteiger partial charge >= 0.3 is 5.97 Å². The van der Waals surface area contributed by atoms with Crippen molar-refractivity contribution in [3.8, 4) is 0 Å². The first-order valence-electron chi connectivity index (χ1n) is 3.99. The third-order valence-corrected chi connectivity index (χ3v) is 1.81. The average molecular weight is 153 g/mol. The van der Waals surface area contributed by atoms with Crippen LogP contribution in [-0.4, -0.2) is 12.1 Å². The van der Waals surface area contributed by atoms with Crippen molar-refractivity contribution in [3.05, 3.63) is 19.1 Å². The Labute approximate surface area is 67.2 Å². The van der Waals surface area contributed by atoms with E-state index in [2.05, 4.69) is 13.0 Å². The Hall–Kier alpha value is -0.790. The second-order valence-corrected chi connectivity index (χ2v) is 2.70. The van der Waals surface area contributed by atoms with Gasteiger partial charge < -0.3 is 4.74 Å². The zero-order chi connectivity index (χ0) is 8.10. The fourth-order valence-electron chi connectivity index (χ4n) is 1.22. The van der Waals surface area contributed by atoms with Gasteiger partial charge in [0.15, 0.2) is 0 Å². The zero-order valence-electron chi connectivity index (χ0n) is 6.58. The molecule has 1 atom stereocenters. The lowest BCUT2D eigenvalue weighted by molar-refractivity contribution is -0.142. The highest BCUT2D eigenvalue weighted by atomic mass is 16.5. The number of ether oxygens (including phenoxy) is 1. The van der Waals surface area contributed by atoms with Crippen molar-refractivity contribution < 1.29 is 9.53 Å². The van der Waals surface area contributed by atoms with Gasteiger partial charge in [-0.3, -0.25) is 0 Å². The number of rotatable bonds is 2. The van der Waals surface area contributed by atoms with Crippen LogP contribution >= 0.6 is 0 Å². The van der Waals surface area contributed by atoms with Gasteiger partial charge in [-0.05, 0) is 19.3 Å². The monoisotopic (exact) mass is 153 g/mol. The summed E-state index contributed by atoms with van der Waals surface area (Å²) in [6.07, 6.45) is 7.73. The summed E-state index contributed by atoms with van der Waals surface area (Å²) in [5.41, 5.74) is 0. The summed E-state index contributed by atoms with van der Waals surface area (Å²) in [5.74, 6) is -0.312. The maximum Gasteiger partial charge on any atom is 0.330 e. The summed E-state index contributed by atoms with van der Waals surface area (Å²) in [5, 5.41) is 0. The normalized spacial score (nSPS) is 19.3. The van der Waals surface area contributed by atoms with Crippen molar-refractivity contribution in [2.24, 2.45) is 0 Å². The van der Waals surface area contributed by atoms with Gasteiger partial charge in [-0.25, -0.2) is 4.79 Å². The molecule has 0 heterocycles. The molecule has 0 aliphatic heterocycles. The molecule has 1 aliphatic rings. The molecule has 0 spiro atoms. The van der Waals surface area contributed by atoms with Crippen LogP contribution in [0.4, 0.5) is 0 Å². The van der Waals surface area contributed by atoms with Gasteiger partial charge in [-0.2, -0.15) is 0 Å². The molecule has 1 aliphatic carbocycles. The van der Waals surface area contributed by atoms with Gasteiger partial charge in [0.05, 0.1) is 0 Å². The Morgan fingerprint density at radius 3 is 3.00 bits per heavy atom. The summed E-state index contributed by atoms with van der Waals surface area (Å²) in [4.78, 5) is 10.7. The first-order chi connectivity index (χ1) is 5.33. The molecule has 0 aromatic heterocycles. The van der Waals surface area contributed by atoms with Crippen LogP contribution in [0.5, 0.6) is 0 Å². The van der Waals surface area contributed by atoms with E-state index in [1.807, 2.05) is 0 Å². The Morgan fingerprint density at radius 2 is 2.45 bits per heavy atom. The lowest BCUT2D eigenvalue weighted by Crippen LogP contribution is -2.20. The molecule has 61 valence electrons. The Bertz CT molecular complexity index is 146. The van der Waals surface area contributed by atoms with E-state index in [1.165, 1.54) is 12.5 Å². The highest BCUT2D eigenvalue weighted by Gasteiger charge is 2.15. The molecule has 1 radical (unpaired) electrons.